The van der Waals surface area contributed by atoms with Gasteiger partial charge in [0, 0.05) is 52.4 Å². The first-order valence-corrected chi connectivity index (χ1v) is 16.7. The van der Waals surface area contributed by atoms with Gasteiger partial charge in [0.05, 0.1) is 18.3 Å². The van der Waals surface area contributed by atoms with Crippen LogP contribution in [-0.4, -0.2) is 58.6 Å². The molecule has 5 rings (SSSR count). The minimum atomic E-state index is -1.13. The van der Waals surface area contributed by atoms with Gasteiger partial charge in [0.15, 0.2) is 0 Å². The molecule has 1 fully saturated rings. The smallest absolute Gasteiger partial charge is 0.253 e. The molecular formula is C36H40BrClF2N4O4. The molecule has 0 radical (unpaired) electrons. The van der Waals surface area contributed by atoms with Gasteiger partial charge in [0.25, 0.3) is 11.8 Å². The van der Waals surface area contributed by atoms with Crippen LogP contribution in [0.2, 0.25) is 0 Å². The number of hydrogen-bond acceptors (Lipinski definition) is 6. The summed E-state index contributed by atoms with van der Waals surface area (Å²) in [4.78, 5) is 33.4. The molecule has 0 bridgehead atoms. The minimum Gasteiger partial charge on any atom is -0.445 e. The van der Waals surface area contributed by atoms with Crippen molar-refractivity contribution in [3.05, 3.63) is 111 Å². The fourth-order valence-corrected chi connectivity index (χ4v) is 6.25. The van der Waals surface area contributed by atoms with Gasteiger partial charge in [-0.3, -0.25) is 9.59 Å². The van der Waals surface area contributed by atoms with E-state index in [0.717, 1.165) is 41.8 Å². The van der Waals surface area contributed by atoms with E-state index in [1.807, 2.05) is 38.1 Å². The van der Waals surface area contributed by atoms with Gasteiger partial charge in [0.1, 0.15) is 17.9 Å². The lowest BCUT2D eigenvalue weighted by Gasteiger charge is -2.27. The molecule has 12 heteroatoms. The normalized spacial score (nSPS) is 14.5. The van der Waals surface area contributed by atoms with Gasteiger partial charge < -0.3 is 25.1 Å². The van der Waals surface area contributed by atoms with E-state index in [9.17, 15) is 23.5 Å². The number of carbonyl (C=O) groups is 2. The van der Waals surface area contributed by atoms with Crippen LogP contribution in [0.15, 0.2) is 82.0 Å². The molecule has 1 aliphatic carbocycles. The number of oxazole rings is 1. The fraction of sp³-hybridized carbons (Fsp3) is 0.361. The monoisotopic (exact) mass is 744 g/mol. The number of aromatic nitrogens is 1. The number of halogens is 4. The predicted molar refractivity (Wildman–Crippen MR) is 186 cm³/mol. The Balaban J connectivity index is 0.00000520. The van der Waals surface area contributed by atoms with E-state index in [2.05, 4.69) is 31.5 Å². The molecule has 1 saturated carbocycles. The highest BCUT2D eigenvalue weighted by Crippen LogP contribution is 2.46. The Labute approximate surface area is 293 Å². The third-order valence-corrected chi connectivity index (χ3v) is 8.82. The predicted octanol–water partition coefficient (Wildman–Crippen LogP) is 7.05. The molecule has 1 heterocycles. The second kappa shape index (κ2) is 16.6. The zero-order valence-corrected chi connectivity index (χ0v) is 29.3. The first-order valence-electron chi connectivity index (χ1n) is 15.9. The van der Waals surface area contributed by atoms with Crippen LogP contribution in [0.3, 0.4) is 0 Å². The van der Waals surface area contributed by atoms with Crippen LogP contribution in [0.4, 0.5) is 8.78 Å². The van der Waals surface area contributed by atoms with Crippen molar-refractivity contribution in [2.45, 2.75) is 63.6 Å². The quantitative estimate of drug-likeness (QED) is 0.121. The summed E-state index contributed by atoms with van der Waals surface area (Å²) in [6.45, 7) is 5.21. The van der Waals surface area contributed by atoms with E-state index in [-0.39, 0.29) is 53.8 Å². The summed E-state index contributed by atoms with van der Waals surface area (Å²) in [5, 5.41) is 17.8. The van der Waals surface area contributed by atoms with Gasteiger partial charge in [-0.05, 0) is 85.7 Å². The molecule has 256 valence electrons. The van der Waals surface area contributed by atoms with Crippen molar-refractivity contribution in [2.24, 2.45) is 0 Å². The molecule has 0 saturated heterocycles. The number of nitrogens with one attached hydrogen (secondary N) is 2. The lowest BCUT2D eigenvalue weighted by atomic mass is 9.98. The molecular weight excluding hydrogens is 706 g/mol. The van der Waals surface area contributed by atoms with E-state index in [4.69, 9.17) is 4.42 Å². The second-order valence-corrected chi connectivity index (χ2v) is 12.9. The van der Waals surface area contributed by atoms with Gasteiger partial charge in [0.2, 0.25) is 5.89 Å². The zero-order valence-electron chi connectivity index (χ0n) is 26.8. The van der Waals surface area contributed by atoms with Crippen molar-refractivity contribution in [2.75, 3.05) is 19.6 Å². The molecule has 0 aliphatic heterocycles. The number of rotatable bonds is 15. The second-order valence-electron chi connectivity index (χ2n) is 12.0. The molecule has 3 aromatic carbocycles. The van der Waals surface area contributed by atoms with Crippen LogP contribution >= 0.6 is 28.3 Å². The highest BCUT2D eigenvalue weighted by molar-refractivity contribution is 9.10. The van der Waals surface area contributed by atoms with Crippen LogP contribution in [0.25, 0.3) is 11.5 Å². The lowest BCUT2D eigenvalue weighted by molar-refractivity contribution is 0.0755. The van der Waals surface area contributed by atoms with Crippen molar-refractivity contribution in [3.63, 3.8) is 0 Å². The number of carbonyl (C=O) groups excluding carboxylic acids is 2. The third-order valence-electron chi connectivity index (χ3n) is 8.33. The summed E-state index contributed by atoms with van der Waals surface area (Å²) in [7, 11) is 0. The zero-order chi connectivity index (χ0) is 33.6. The third kappa shape index (κ3) is 9.28. The van der Waals surface area contributed by atoms with Gasteiger partial charge in [-0.25, -0.2) is 13.8 Å². The molecule has 1 aromatic heterocycles. The number of aliphatic hydroxyl groups is 1. The highest BCUT2D eigenvalue weighted by Gasteiger charge is 2.44. The Morgan fingerprint density at radius 2 is 1.71 bits per heavy atom. The first-order chi connectivity index (χ1) is 22.6. The Kier molecular flexibility index (Phi) is 12.9. The topological polar surface area (TPSA) is 108 Å². The summed E-state index contributed by atoms with van der Waals surface area (Å²) in [5.74, 6) is -2.07. The van der Waals surface area contributed by atoms with Crippen LogP contribution in [0.1, 0.15) is 71.4 Å². The van der Waals surface area contributed by atoms with Gasteiger partial charge in [-0.1, -0.05) is 41.9 Å². The molecule has 8 nitrogen and oxygen atoms in total. The van der Waals surface area contributed by atoms with Crippen molar-refractivity contribution < 1.29 is 27.9 Å². The minimum absolute atomic E-state index is 0. The Morgan fingerprint density at radius 3 is 2.31 bits per heavy atom. The Hall–Kier alpha value is -3.64. The average Bonchev–Trinajstić information content (AvgIpc) is 3.64. The number of benzene rings is 3. The summed E-state index contributed by atoms with van der Waals surface area (Å²) >= 11 is 3.52. The van der Waals surface area contributed by atoms with Crippen LogP contribution in [0.5, 0.6) is 0 Å². The number of aliphatic hydroxyl groups excluding tert-OH is 1. The van der Waals surface area contributed by atoms with Crippen molar-refractivity contribution in [1.29, 1.82) is 0 Å². The van der Waals surface area contributed by atoms with E-state index < -0.39 is 29.7 Å². The van der Waals surface area contributed by atoms with Crippen LogP contribution in [-0.2, 0) is 12.0 Å². The highest BCUT2D eigenvalue weighted by atomic mass is 79.9. The standard InChI is InChI=1S/C36H39BrF2N4O4.ClH/c1-3-11-43(12-4-2)35(46)26-18-24(17-25(19-26)34-40-10-13-47-34)33(45)42-31(16-23-14-29(38)21-30(39)15-23)32(44)22-41-36(8-9-36)27-6-5-7-28(37)20-27;/h5-7,10,13-15,17-21,31-32,41,44H,3-4,8-9,11-12,16,22H2,1-2H3,(H,42,45);1H/t31-,32+;/m0./s1. The number of nitrogens with zero attached hydrogens (tertiary/aromatic N) is 2. The van der Waals surface area contributed by atoms with Crippen molar-refractivity contribution in [3.8, 4) is 11.5 Å². The maximum Gasteiger partial charge on any atom is 0.253 e. The first kappa shape index (κ1) is 37.2. The van der Waals surface area contributed by atoms with Gasteiger partial charge in [-0.2, -0.15) is 0 Å². The van der Waals surface area contributed by atoms with E-state index >= 15 is 0 Å². The van der Waals surface area contributed by atoms with Gasteiger partial charge in [-0.15, -0.1) is 12.4 Å². The summed E-state index contributed by atoms with van der Waals surface area (Å²) < 4.78 is 34.7. The van der Waals surface area contributed by atoms with Crippen molar-refractivity contribution >= 4 is 40.2 Å². The molecule has 0 unspecified atom stereocenters. The molecule has 2 amide bonds. The maximum atomic E-state index is 14.2. The number of amides is 2. The van der Waals surface area contributed by atoms with E-state index in [1.54, 1.807) is 17.0 Å². The van der Waals surface area contributed by atoms with Gasteiger partial charge >= 0.3 is 0 Å². The van der Waals surface area contributed by atoms with E-state index in [1.165, 1.54) is 30.7 Å². The van der Waals surface area contributed by atoms with Crippen LogP contribution < -0.4 is 10.6 Å². The Morgan fingerprint density at radius 1 is 1.02 bits per heavy atom. The fourth-order valence-electron chi connectivity index (χ4n) is 5.85. The molecule has 0 spiro atoms. The molecule has 3 N–H and O–H groups in total. The molecule has 2 atom stereocenters. The molecule has 4 aromatic rings. The molecule has 48 heavy (non-hydrogen) atoms. The Bertz CT molecular complexity index is 1680. The SMILES string of the molecule is CCCN(CCC)C(=O)c1cc(C(=O)N[C@@H](Cc2cc(F)cc(F)c2)[C@H](O)CNC2(c3cccc(Br)c3)CC2)cc(-c2ncco2)c1.Cl. The lowest BCUT2D eigenvalue weighted by Crippen LogP contribution is -2.50. The maximum absolute atomic E-state index is 14.2. The van der Waals surface area contributed by atoms with E-state index in [0.29, 0.717) is 24.2 Å². The summed E-state index contributed by atoms with van der Waals surface area (Å²) in [6, 6.07) is 14.9. The number of hydrogen-bond donors (Lipinski definition) is 3. The summed E-state index contributed by atoms with van der Waals surface area (Å²) in [5.41, 5.74) is 1.93. The van der Waals surface area contributed by atoms with Crippen LogP contribution in [0, 0.1) is 11.6 Å². The summed E-state index contributed by atoms with van der Waals surface area (Å²) in [6.07, 6.45) is 5.00. The van der Waals surface area contributed by atoms with Crippen molar-refractivity contribution in [1.82, 2.24) is 20.5 Å². The average molecular weight is 746 g/mol. The molecule has 1 aliphatic rings. The largest absolute Gasteiger partial charge is 0.445 e.